The third kappa shape index (κ3) is 3.82. The van der Waals surface area contributed by atoms with Gasteiger partial charge in [0.2, 0.25) is 0 Å². The van der Waals surface area contributed by atoms with Crippen molar-refractivity contribution in [3.05, 3.63) is 66.1 Å². The maximum atomic E-state index is 4.81. The molecule has 3 heteroatoms. The molecule has 0 bridgehead atoms. The smallest absolute Gasteiger partial charge is 0.109 e. The van der Waals surface area contributed by atoms with Gasteiger partial charge in [-0.3, -0.25) is 0 Å². The van der Waals surface area contributed by atoms with Gasteiger partial charge in [0, 0.05) is 36.1 Å². The summed E-state index contributed by atoms with van der Waals surface area (Å²) in [6.45, 7) is 5.61. The minimum absolute atomic E-state index is 0.690. The standard InChI is InChI=1S/C23H27N3/c1-17(2)15-18-6-10-20(11-7-18)24-21-12-8-19(9-13-21)22-16-26-14-4-3-5-23(26)25-22/h6-13,16-17,24H,3-5,14-15H2,1-2H3. The van der Waals surface area contributed by atoms with Gasteiger partial charge in [-0.05, 0) is 55.0 Å². The number of nitrogens with one attached hydrogen (secondary N) is 1. The van der Waals surface area contributed by atoms with E-state index in [1.165, 1.54) is 29.8 Å². The molecule has 0 atom stereocenters. The maximum absolute atomic E-state index is 4.81. The van der Waals surface area contributed by atoms with Crippen LogP contribution in [0.25, 0.3) is 11.3 Å². The lowest BCUT2D eigenvalue weighted by atomic mass is 10.0. The van der Waals surface area contributed by atoms with Crippen molar-refractivity contribution in [2.24, 2.45) is 5.92 Å². The number of hydrogen-bond acceptors (Lipinski definition) is 2. The molecule has 1 aliphatic heterocycles. The summed E-state index contributed by atoms with van der Waals surface area (Å²) < 4.78 is 2.31. The van der Waals surface area contributed by atoms with Gasteiger partial charge in [0.15, 0.2) is 0 Å². The summed E-state index contributed by atoms with van der Waals surface area (Å²) in [6, 6.07) is 17.3. The average molecular weight is 345 g/mol. The van der Waals surface area contributed by atoms with E-state index in [0.717, 1.165) is 36.5 Å². The van der Waals surface area contributed by atoms with Crippen LogP contribution in [0.4, 0.5) is 11.4 Å². The van der Waals surface area contributed by atoms with Gasteiger partial charge >= 0.3 is 0 Å². The molecule has 1 aliphatic rings. The highest BCUT2D eigenvalue weighted by Gasteiger charge is 2.13. The van der Waals surface area contributed by atoms with Crippen LogP contribution in [-0.2, 0) is 19.4 Å². The van der Waals surface area contributed by atoms with Crippen LogP contribution in [-0.4, -0.2) is 9.55 Å². The molecule has 2 aromatic carbocycles. The first-order valence-electron chi connectivity index (χ1n) is 9.70. The first kappa shape index (κ1) is 16.9. The van der Waals surface area contributed by atoms with Crippen LogP contribution in [0.2, 0.25) is 0 Å². The lowest BCUT2D eigenvalue weighted by molar-refractivity contribution is 0.522. The second-order valence-corrected chi connectivity index (χ2v) is 7.69. The Morgan fingerprint density at radius 3 is 2.31 bits per heavy atom. The number of aryl methyl sites for hydroxylation is 2. The van der Waals surface area contributed by atoms with Gasteiger partial charge in [-0.15, -0.1) is 0 Å². The Balaban J connectivity index is 1.45. The summed E-state index contributed by atoms with van der Waals surface area (Å²) in [6.07, 6.45) is 6.96. The predicted octanol–water partition coefficient (Wildman–Crippen LogP) is 5.83. The van der Waals surface area contributed by atoms with Gasteiger partial charge in [-0.2, -0.15) is 0 Å². The third-order valence-corrected chi connectivity index (χ3v) is 4.98. The molecule has 2 heterocycles. The van der Waals surface area contributed by atoms with Crippen LogP contribution in [0.3, 0.4) is 0 Å². The van der Waals surface area contributed by atoms with Gasteiger partial charge in [-0.25, -0.2) is 4.98 Å². The van der Waals surface area contributed by atoms with E-state index in [-0.39, 0.29) is 0 Å². The third-order valence-electron chi connectivity index (χ3n) is 4.98. The zero-order valence-electron chi connectivity index (χ0n) is 15.7. The number of fused-ring (bicyclic) bond motifs is 1. The molecule has 4 rings (SSSR count). The fraction of sp³-hybridized carbons (Fsp3) is 0.348. The fourth-order valence-corrected chi connectivity index (χ4v) is 3.64. The second-order valence-electron chi connectivity index (χ2n) is 7.69. The van der Waals surface area contributed by atoms with Crippen LogP contribution in [0, 0.1) is 5.92 Å². The molecule has 134 valence electrons. The monoisotopic (exact) mass is 345 g/mol. The van der Waals surface area contributed by atoms with Crippen molar-refractivity contribution in [2.45, 2.75) is 46.1 Å². The van der Waals surface area contributed by atoms with Gasteiger partial charge in [-0.1, -0.05) is 38.1 Å². The number of hydrogen-bond donors (Lipinski definition) is 1. The van der Waals surface area contributed by atoms with Crippen molar-refractivity contribution in [2.75, 3.05) is 5.32 Å². The van der Waals surface area contributed by atoms with Crippen molar-refractivity contribution in [1.82, 2.24) is 9.55 Å². The van der Waals surface area contributed by atoms with Crippen molar-refractivity contribution < 1.29 is 0 Å². The summed E-state index contributed by atoms with van der Waals surface area (Å²) in [4.78, 5) is 4.81. The summed E-state index contributed by atoms with van der Waals surface area (Å²) in [5, 5.41) is 3.49. The van der Waals surface area contributed by atoms with Crippen LogP contribution >= 0.6 is 0 Å². The van der Waals surface area contributed by atoms with Crippen molar-refractivity contribution in [3.8, 4) is 11.3 Å². The molecule has 0 unspecified atom stereocenters. The lowest BCUT2D eigenvalue weighted by Crippen LogP contribution is -2.08. The number of benzene rings is 2. The van der Waals surface area contributed by atoms with Crippen molar-refractivity contribution in [1.29, 1.82) is 0 Å². The summed E-state index contributed by atoms with van der Waals surface area (Å²) in [5.74, 6) is 1.92. The molecule has 0 spiro atoms. The van der Waals surface area contributed by atoms with Gasteiger partial charge in [0.25, 0.3) is 0 Å². The largest absolute Gasteiger partial charge is 0.356 e. The molecule has 0 amide bonds. The van der Waals surface area contributed by atoms with E-state index >= 15 is 0 Å². The number of rotatable bonds is 5. The molecule has 26 heavy (non-hydrogen) atoms. The molecule has 0 aliphatic carbocycles. The molecule has 1 aromatic heterocycles. The zero-order chi connectivity index (χ0) is 17.9. The van der Waals surface area contributed by atoms with Crippen LogP contribution < -0.4 is 5.32 Å². The van der Waals surface area contributed by atoms with Crippen LogP contribution in [0.5, 0.6) is 0 Å². The maximum Gasteiger partial charge on any atom is 0.109 e. The van der Waals surface area contributed by atoms with E-state index in [0.29, 0.717) is 5.92 Å². The Labute approximate surface area is 156 Å². The Kier molecular flexibility index (Phi) is 4.79. The molecule has 0 saturated heterocycles. The summed E-state index contributed by atoms with van der Waals surface area (Å²) >= 11 is 0. The van der Waals surface area contributed by atoms with Crippen LogP contribution in [0.1, 0.15) is 38.1 Å². The lowest BCUT2D eigenvalue weighted by Gasteiger charge is -2.11. The quantitative estimate of drug-likeness (QED) is 0.630. The average Bonchev–Trinajstić information content (AvgIpc) is 3.08. The molecular formula is C23H27N3. The van der Waals surface area contributed by atoms with Crippen LogP contribution in [0.15, 0.2) is 54.7 Å². The minimum atomic E-state index is 0.690. The highest BCUT2D eigenvalue weighted by atomic mass is 15.1. The van der Waals surface area contributed by atoms with Crippen molar-refractivity contribution in [3.63, 3.8) is 0 Å². The van der Waals surface area contributed by atoms with E-state index < -0.39 is 0 Å². The minimum Gasteiger partial charge on any atom is -0.356 e. The topological polar surface area (TPSA) is 29.9 Å². The highest BCUT2D eigenvalue weighted by molar-refractivity contribution is 5.66. The molecular weight excluding hydrogens is 318 g/mol. The molecule has 3 nitrogen and oxygen atoms in total. The van der Waals surface area contributed by atoms with E-state index in [1.54, 1.807) is 0 Å². The van der Waals surface area contributed by atoms with Gasteiger partial charge in [0.1, 0.15) is 5.82 Å². The van der Waals surface area contributed by atoms with Crippen molar-refractivity contribution >= 4 is 11.4 Å². The summed E-state index contributed by atoms with van der Waals surface area (Å²) in [5.41, 5.74) is 5.90. The van der Waals surface area contributed by atoms with Gasteiger partial charge < -0.3 is 9.88 Å². The predicted molar refractivity (Wildman–Crippen MR) is 109 cm³/mol. The second kappa shape index (κ2) is 7.36. The molecule has 0 saturated carbocycles. The Hall–Kier alpha value is -2.55. The number of aromatic nitrogens is 2. The number of anilines is 2. The molecule has 0 radical (unpaired) electrons. The molecule has 3 aromatic rings. The molecule has 0 fully saturated rings. The first-order valence-corrected chi connectivity index (χ1v) is 9.70. The fourth-order valence-electron chi connectivity index (χ4n) is 3.64. The SMILES string of the molecule is CC(C)Cc1ccc(Nc2ccc(-c3cn4c(n3)CCCC4)cc2)cc1. The zero-order valence-corrected chi connectivity index (χ0v) is 15.7. The van der Waals surface area contributed by atoms with E-state index in [1.807, 2.05) is 0 Å². The normalized spacial score (nSPS) is 13.7. The Bertz CT molecular complexity index is 834. The highest BCUT2D eigenvalue weighted by Crippen LogP contribution is 2.25. The molecule has 1 N–H and O–H groups in total. The number of nitrogens with zero attached hydrogens (tertiary/aromatic N) is 2. The first-order chi connectivity index (χ1) is 12.7. The Morgan fingerprint density at radius 2 is 1.65 bits per heavy atom. The van der Waals surface area contributed by atoms with Gasteiger partial charge in [0.05, 0.1) is 5.69 Å². The van der Waals surface area contributed by atoms with E-state index in [4.69, 9.17) is 4.98 Å². The number of imidazole rings is 1. The Morgan fingerprint density at radius 1 is 0.962 bits per heavy atom. The summed E-state index contributed by atoms with van der Waals surface area (Å²) in [7, 11) is 0. The van der Waals surface area contributed by atoms with E-state index in [9.17, 15) is 0 Å². The van der Waals surface area contributed by atoms with E-state index in [2.05, 4.69) is 78.5 Å².